The maximum absolute atomic E-state index is 3.47. The maximum Gasteiger partial charge on any atom is 0.0366 e. The fourth-order valence-electron chi connectivity index (χ4n) is 2.02. The molecule has 0 amide bonds. The van der Waals surface area contributed by atoms with Gasteiger partial charge in [-0.15, -0.1) is 0 Å². The van der Waals surface area contributed by atoms with Gasteiger partial charge in [0.25, 0.3) is 0 Å². The quantitative estimate of drug-likeness (QED) is 0.518. The lowest BCUT2D eigenvalue weighted by Crippen LogP contribution is -2.34. The van der Waals surface area contributed by atoms with E-state index in [2.05, 4.69) is 5.32 Å². The van der Waals surface area contributed by atoms with Crippen LogP contribution in [0, 0.1) is 12.0 Å². The minimum Gasteiger partial charge on any atom is -0.309 e. The van der Waals surface area contributed by atoms with E-state index in [1.807, 2.05) is 0 Å². The van der Waals surface area contributed by atoms with Crippen molar-refractivity contribution in [2.75, 3.05) is 6.54 Å². The van der Waals surface area contributed by atoms with Crippen LogP contribution < -0.4 is 5.32 Å². The number of fused-ring (bicyclic) bond motifs is 2. The lowest BCUT2D eigenvalue weighted by atomic mass is 9.81. The molecule has 1 radical (unpaired) electrons. The Morgan fingerprint density at radius 1 is 1.33 bits per heavy atom. The van der Waals surface area contributed by atoms with Gasteiger partial charge in [-0.25, -0.2) is 0 Å². The summed E-state index contributed by atoms with van der Waals surface area (Å²) in [5, 5.41) is 3.47. The van der Waals surface area contributed by atoms with Crippen LogP contribution in [0.25, 0.3) is 0 Å². The SMILES string of the molecule is C1C[C]2CC(C1)CCN2. The van der Waals surface area contributed by atoms with E-state index in [9.17, 15) is 0 Å². The molecule has 1 nitrogen and oxygen atoms in total. The number of hydrogen-bond donors (Lipinski definition) is 1. The molecule has 0 aromatic heterocycles. The van der Waals surface area contributed by atoms with E-state index in [4.69, 9.17) is 0 Å². The predicted octanol–water partition coefficient (Wildman–Crippen LogP) is 1.70. The van der Waals surface area contributed by atoms with Crippen molar-refractivity contribution in [3.05, 3.63) is 6.04 Å². The molecule has 0 aromatic rings. The third kappa shape index (κ3) is 1.11. The molecule has 1 atom stereocenters. The molecule has 0 aromatic carbocycles. The zero-order valence-electron chi connectivity index (χ0n) is 5.82. The molecule has 1 unspecified atom stereocenters. The second-order valence-electron chi connectivity index (χ2n) is 3.28. The van der Waals surface area contributed by atoms with Crippen LogP contribution in [-0.4, -0.2) is 6.54 Å². The number of hydrogen-bond acceptors (Lipinski definition) is 1. The molecule has 0 spiro atoms. The summed E-state index contributed by atoms with van der Waals surface area (Å²) in [6.45, 7) is 1.25. The minimum atomic E-state index is 1.05. The molecule has 2 aliphatic rings. The first-order valence-corrected chi connectivity index (χ1v) is 4.04. The van der Waals surface area contributed by atoms with Crippen LogP contribution >= 0.6 is 0 Å². The molecule has 1 saturated heterocycles. The van der Waals surface area contributed by atoms with Gasteiger partial charge in [0, 0.05) is 6.04 Å². The fraction of sp³-hybridized carbons (Fsp3) is 0.875. The van der Waals surface area contributed by atoms with E-state index in [1.54, 1.807) is 6.04 Å². The molecular formula is C8H14N. The first-order chi connectivity index (χ1) is 4.45. The lowest BCUT2D eigenvalue weighted by molar-refractivity contribution is 0.288. The van der Waals surface area contributed by atoms with E-state index in [0.29, 0.717) is 0 Å². The van der Waals surface area contributed by atoms with E-state index < -0.39 is 0 Å². The van der Waals surface area contributed by atoms with Crippen molar-refractivity contribution in [2.45, 2.75) is 32.1 Å². The van der Waals surface area contributed by atoms with Crippen LogP contribution in [0.4, 0.5) is 0 Å². The van der Waals surface area contributed by atoms with Gasteiger partial charge in [-0.05, 0) is 31.7 Å². The van der Waals surface area contributed by atoms with E-state index in [-0.39, 0.29) is 0 Å². The van der Waals surface area contributed by atoms with Gasteiger partial charge in [0.15, 0.2) is 0 Å². The van der Waals surface area contributed by atoms with Crippen molar-refractivity contribution >= 4 is 0 Å². The van der Waals surface area contributed by atoms with Gasteiger partial charge in [0.1, 0.15) is 0 Å². The normalized spacial score (nSPS) is 36.7. The Kier molecular flexibility index (Phi) is 1.46. The van der Waals surface area contributed by atoms with Crippen molar-refractivity contribution in [3.8, 4) is 0 Å². The predicted molar refractivity (Wildman–Crippen MR) is 37.8 cm³/mol. The number of rotatable bonds is 0. The molecule has 2 rings (SSSR count). The Bertz CT molecular complexity index is 80.7. The molecule has 1 aliphatic heterocycles. The average Bonchev–Trinajstić information content (AvgIpc) is 1.88. The summed E-state index contributed by atoms with van der Waals surface area (Å²) in [4.78, 5) is 0. The zero-order valence-corrected chi connectivity index (χ0v) is 5.82. The number of piperidine rings is 1. The van der Waals surface area contributed by atoms with Crippen molar-refractivity contribution in [1.82, 2.24) is 5.32 Å². The highest BCUT2D eigenvalue weighted by molar-refractivity contribution is 4.96. The molecule has 2 bridgehead atoms. The molecule has 2 fully saturated rings. The Labute approximate surface area is 56.8 Å². The summed E-state index contributed by atoms with van der Waals surface area (Å²) in [6.07, 6.45) is 7.10. The largest absolute Gasteiger partial charge is 0.309 e. The van der Waals surface area contributed by atoms with Gasteiger partial charge in [-0.2, -0.15) is 0 Å². The average molecular weight is 124 g/mol. The summed E-state index contributed by atoms with van der Waals surface area (Å²) in [7, 11) is 0. The molecule has 1 heterocycles. The summed E-state index contributed by atoms with van der Waals surface area (Å²) in [6, 6.07) is 1.64. The van der Waals surface area contributed by atoms with E-state index in [1.165, 1.54) is 38.6 Å². The van der Waals surface area contributed by atoms with Gasteiger partial charge < -0.3 is 5.32 Å². The van der Waals surface area contributed by atoms with Gasteiger partial charge >= 0.3 is 0 Å². The van der Waals surface area contributed by atoms with Gasteiger partial charge in [-0.3, -0.25) is 0 Å². The molecule has 1 N–H and O–H groups in total. The Morgan fingerprint density at radius 3 is 3.11 bits per heavy atom. The summed E-state index contributed by atoms with van der Waals surface area (Å²) in [5.41, 5.74) is 0. The second kappa shape index (κ2) is 2.30. The van der Waals surface area contributed by atoms with Crippen molar-refractivity contribution < 1.29 is 0 Å². The van der Waals surface area contributed by atoms with Gasteiger partial charge in [-0.1, -0.05) is 12.8 Å². The fourth-order valence-corrected chi connectivity index (χ4v) is 2.02. The summed E-state index contributed by atoms with van der Waals surface area (Å²) >= 11 is 0. The summed E-state index contributed by atoms with van der Waals surface area (Å²) in [5.74, 6) is 1.05. The van der Waals surface area contributed by atoms with E-state index in [0.717, 1.165) is 5.92 Å². The van der Waals surface area contributed by atoms with Crippen molar-refractivity contribution in [2.24, 2.45) is 5.92 Å². The second-order valence-corrected chi connectivity index (χ2v) is 3.28. The van der Waals surface area contributed by atoms with Crippen LogP contribution in [0.5, 0.6) is 0 Å². The topological polar surface area (TPSA) is 12.0 Å². The highest BCUT2D eigenvalue weighted by atomic mass is 14.9. The molecular weight excluding hydrogens is 110 g/mol. The first kappa shape index (κ1) is 5.72. The maximum atomic E-state index is 3.47. The molecule has 51 valence electrons. The van der Waals surface area contributed by atoms with Crippen LogP contribution in [-0.2, 0) is 0 Å². The Morgan fingerprint density at radius 2 is 2.33 bits per heavy atom. The smallest absolute Gasteiger partial charge is 0.0366 e. The highest BCUT2D eigenvalue weighted by Crippen LogP contribution is 2.33. The molecule has 1 heteroatoms. The van der Waals surface area contributed by atoms with Crippen LogP contribution in [0.2, 0.25) is 0 Å². The Balaban J connectivity index is 1.96. The lowest BCUT2D eigenvalue weighted by Gasteiger charge is -2.34. The Hall–Kier alpha value is -0.0400. The standard InChI is InChI=1S/C8H14N/c1-2-7-4-5-9-8(3-1)6-7/h7,9H,1-6H2. The zero-order chi connectivity index (χ0) is 6.10. The highest BCUT2D eigenvalue weighted by Gasteiger charge is 2.25. The minimum absolute atomic E-state index is 1.05. The molecule has 1 aliphatic carbocycles. The van der Waals surface area contributed by atoms with Crippen LogP contribution in [0.1, 0.15) is 32.1 Å². The monoisotopic (exact) mass is 124 g/mol. The van der Waals surface area contributed by atoms with Crippen molar-refractivity contribution in [3.63, 3.8) is 0 Å². The summed E-state index contributed by atoms with van der Waals surface area (Å²) < 4.78 is 0. The van der Waals surface area contributed by atoms with Gasteiger partial charge in [0.2, 0.25) is 0 Å². The molecule has 9 heavy (non-hydrogen) atoms. The molecule has 1 saturated carbocycles. The van der Waals surface area contributed by atoms with Gasteiger partial charge in [0.05, 0.1) is 0 Å². The first-order valence-electron chi connectivity index (χ1n) is 4.04. The van der Waals surface area contributed by atoms with E-state index >= 15 is 0 Å². The third-order valence-corrected chi connectivity index (χ3v) is 2.55. The van der Waals surface area contributed by atoms with Crippen LogP contribution in [0.3, 0.4) is 0 Å². The van der Waals surface area contributed by atoms with Crippen LogP contribution in [0.15, 0.2) is 0 Å². The van der Waals surface area contributed by atoms with Crippen molar-refractivity contribution in [1.29, 1.82) is 0 Å². The number of nitrogens with one attached hydrogen (secondary N) is 1. The third-order valence-electron chi connectivity index (χ3n) is 2.55.